The maximum atomic E-state index is 12.5. The van der Waals surface area contributed by atoms with E-state index < -0.39 is 0 Å². The van der Waals surface area contributed by atoms with E-state index in [1.54, 1.807) is 7.05 Å². The van der Waals surface area contributed by atoms with Gasteiger partial charge in [0.05, 0.1) is 4.91 Å². The molecule has 1 aliphatic heterocycles. The molecule has 26 heavy (non-hydrogen) atoms. The summed E-state index contributed by atoms with van der Waals surface area (Å²) in [5, 5.41) is 3.18. The number of nitrogens with one attached hydrogen (secondary N) is 1. The van der Waals surface area contributed by atoms with Crippen LogP contribution in [0.15, 0.2) is 29.2 Å². The highest BCUT2D eigenvalue weighted by atomic mass is 32.2. The lowest BCUT2D eigenvalue weighted by atomic mass is 9.96. The molecule has 0 radical (unpaired) electrons. The van der Waals surface area contributed by atoms with E-state index in [1.807, 2.05) is 30.3 Å². The van der Waals surface area contributed by atoms with Crippen molar-refractivity contribution in [1.29, 1.82) is 0 Å². The number of hydrogen-bond acceptors (Lipinski definition) is 4. The maximum Gasteiger partial charge on any atom is 0.265 e. The number of rotatable bonds is 3. The van der Waals surface area contributed by atoms with Gasteiger partial charge in [-0.3, -0.25) is 14.5 Å². The first-order chi connectivity index (χ1) is 12.5. The molecule has 0 spiro atoms. The Morgan fingerprint density at radius 1 is 1.15 bits per heavy atom. The number of benzene rings is 1. The van der Waals surface area contributed by atoms with Crippen LogP contribution >= 0.6 is 24.0 Å². The molecule has 0 unspecified atom stereocenters. The van der Waals surface area contributed by atoms with Gasteiger partial charge in [0.15, 0.2) is 0 Å². The molecule has 0 atom stereocenters. The Balaban J connectivity index is 1.62. The highest BCUT2D eigenvalue weighted by Crippen LogP contribution is 2.31. The number of thiocarbonyl (C=S) groups is 1. The SMILES string of the molecule is CN1C(=O)/C(=C\c2ccc(C(=O)NC3CCCCCCC3)cc2)SC1=S. The van der Waals surface area contributed by atoms with Crippen LogP contribution in [-0.2, 0) is 4.79 Å². The van der Waals surface area contributed by atoms with Crippen molar-refractivity contribution < 1.29 is 9.59 Å². The van der Waals surface area contributed by atoms with Crippen molar-refractivity contribution in [2.24, 2.45) is 0 Å². The molecule has 1 aromatic rings. The van der Waals surface area contributed by atoms with Crippen LogP contribution in [-0.4, -0.2) is 34.1 Å². The number of nitrogens with zero attached hydrogens (tertiary/aromatic N) is 1. The van der Waals surface area contributed by atoms with Gasteiger partial charge >= 0.3 is 0 Å². The third-order valence-corrected chi connectivity index (χ3v) is 6.38. The van der Waals surface area contributed by atoms with E-state index in [9.17, 15) is 9.59 Å². The average molecular weight is 389 g/mol. The van der Waals surface area contributed by atoms with Crippen LogP contribution in [0.25, 0.3) is 6.08 Å². The van der Waals surface area contributed by atoms with E-state index in [4.69, 9.17) is 12.2 Å². The van der Waals surface area contributed by atoms with Crippen molar-refractivity contribution >= 4 is 46.2 Å². The van der Waals surface area contributed by atoms with Crippen LogP contribution < -0.4 is 5.32 Å². The largest absolute Gasteiger partial charge is 0.349 e. The Bertz CT molecular complexity index is 720. The smallest absolute Gasteiger partial charge is 0.265 e. The summed E-state index contributed by atoms with van der Waals surface area (Å²) >= 11 is 6.44. The molecule has 1 saturated carbocycles. The molecule has 3 rings (SSSR count). The van der Waals surface area contributed by atoms with Gasteiger partial charge in [-0.25, -0.2) is 0 Å². The van der Waals surface area contributed by atoms with Crippen molar-refractivity contribution in [3.05, 3.63) is 40.3 Å². The minimum absolute atomic E-state index is 0.0120. The molecule has 2 fully saturated rings. The maximum absolute atomic E-state index is 12.5. The fourth-order valence-electron chi connectivity index (χ4n) is 3.30. The van der Waals surface area contributed by atoms with Crippen molar-refractivity contribution in [3.63, 3.8) is 0 Å². The minimum atomic E-state index is -0.0777. The Kier molecular flexibility index (Phi) is 6.48. The van der Waals surface area contributed by atoms with E-state index in [0.717, 1.165) is 18.4 Å². The van der Waals surface area contributed by atoms with E-state index in [-0.39, 0.29) is 17.9 Å². The van der Waals surface area contributed by atoms with Crippen molar-refractivity contribution in [3.8, 4) is 0 Å². The Labute approximate surface area is 164 Å². The molecular weight excluding hydrogens is 364 g/mol. The summed E-state index contributed by atoms with van der Waals surface area (Å²) < 4.78 is 0.566. The second-order valence-corrected chi connectivity index (χ2v) is 8.55. The number of carbonyl (C=O) groups is 2. The van der Waals surface area contributed by atoms with E-state index in [2.05, 4.69) is 5.32 Å². The van der Waals surface area contributed by atoms with Crippen LogP contribution in [0.5, 0.6) is 0 Å². The Morgan fingerprint density at radius 3 is 2.35 bits per heavy atom. The molecule has 6 heteroatoms. The number of carbonyl (C=O) groups excluding carboxylic acids is 2. The zero-order valence-electron chi connectivity index (χ0n) is 15.0. The predicted molar refractivity (Wildman–Crippen MR) is 111 cm³/mol. The summed E-state index contributed by atoms with van der Waals surface area (Å²) in [5.41, 5.74) is 1.55. The molecular formula is C20H24N2O2S2. The van der Waals surface area contributed by atoms with Crippen LogP contribution in [0, 0.1) is 0 Å². The first-order valence-electron chi connectivity index (χ1n) is 9.17. The third-order valence-electron chi connectivity index (χ3n) is 4.90. The molecule has 1 heterocycles. The van der Waals surface area contributed by atoms with Gasteiger partial charge in [-0.05, 0) is 36.6 Å². The van der Waals surface area contributed by atoms with Gasteiger partial charge < -0.3 is 5.32 Å². The molecule has 138 valence electrons. The second-order valence-electron chi connectivity index (χ2n) is 6.88. The van der Waals surface area contributed by atoms with Crippen LogP contribution in [0.2, 0.25) is 0 Å². The topological polar surface area (TPSA) is 49.4 Å². The third kappa shape index (κ3) is 4.74. The number of thioether (sulfide) groups is 1. The molecule has 1 saturated heterocycles. The first kappa shape index (κ1) is 19.1. The fourth-order valence-corrected chi connectivity index (χ4v) is 4.48. The lowest BCUT2D eigenvalue weighted by Gasteiger charge is -2.21. The molecule has 1 aliphatic carbocycles. The molecule has 0 aromatic heterocycles. The number of amides is 2. The standard InChI is InChI=1S/C20H24N2O2S2/c1-22-19(24)17(26-20(22)25)13-14-9-11-15(12-10-14)18(23)21-16-7-5-3-2-4-6-8-16/h9-13,16H,2-8H2,1H3,(H,21,23)/b17-13+. The normalized spacial score (nSPS) is 21.0. The lowest BCUT2D eigenvalue weighted by molar-refractivity contribution is -0.121. The number of hydrogen-bond donors (Lipinski definition) is 1. The highest BCUT2D eigenvalue weighted by molar-refractivity contribution is 8.26. The lowest BCUT2D eigenvalue weighted by Crippen LogP contribution is -2.35. The average Bonchev–Trinajstić information content (AvgIpc) is 2.84. The van der Waals surface area contributed by atoms with E-state index >= 15 is 0 Å². The fraction of sp³-hybridized carbons (Fsp3) is 0.450. The highest BCUT2D eigenvalue weighted by Gasteiger charge is 2.28. The van der Waals surface area contributed by atoms with Gasteiger partial charge in [0.25, 0.3) is 11.8 Å². The van der Waals surface area contributed by atoms with Crippen LogP contribution in [0.4, 0.5) is 0 Å². The predicted octanol–water partition coefficient (Wildman–Crippen LogP) is 4.36. The first-order valence-corrected chi connectivity index (χ1v) is 10.4. The summed E-state index contributed by atoms with van der Waals surface area (Å²) in [6, 6.07) is 7.66. The second kappa shape index (κ2) is 8.82. The van der Waals surface area contributed by atoms with Crippen molar-refractivity contribution in [2.45, 2.75) is 51.0 Å². The van der Waals surface area contributed by atoms with E-state index in [1.165, 1.54) is 48.8 Å². The Hall–Kier alpha value is -1.66. The van der Waals surface area contributed by atoms with Crippen LogP contribution in [0.1, 0.15) is 60.9 Å². The minimum Gasteiger partial charge on any atom is -0.349 e. The Morgan fingerprint density at radius 2 is 1.77 bits per heavy atom. The molecule has 2 aliphatic rings. The molecule has 0 bridgehead atoms. The zero-order chi connectivity index (χ0) is 18.5. The number of likely N-dealkylation sites (N-methyl/N-ethyl adjacent to an activating group) is 1. The van der Waals surface area contributed by atoms with Gasteiger partial charge in [-0.1, -0.05) is 68.2 Å². The quantitative estimate of drug-likeness (QED) is 0.617. The van der Waals surface area contributed by atoms with Gasteiger partial charge in [-0.15, -0.1) is 0 Å². The van der Waals surface area contributed by atoms with Crippen LogP contribution in [0.3, 0.4) is 0 Å². The van der Waals surface area contributed by atoms with Gasteiger partial charge in [0.1, 0.15) is 4.32 Å². The summed E-state index contributed by atoms with van der Waals surface area (Å²) in [6.45, 7) is 0. The van der Waals surface area contributed by atoms with Gasteiger partial charge in [0, 0.05) is 18.7 Å². The monoisotopic (exact) mass is 388 g/mol. The molecule has 2 amide bonds. The zero-order valence-corrected chi connectivity index (χ0v) is 16.6. The summed E-state index contributed by atoms with van der Waals surface area (Å²) in [5.74, 6) is -0.0897. The molecule has 1 N–H and O–H groups in total. The summed E-state index contributed by atoms with van der Waals surface area (Å²) in [4.78, 5) is 26.6. The van der Waals surface area contributed by atoms with Gasteiger partial charge in [0.2, 0.25) is 0 Å². The van der Waals surface area contributed by atoms with Gasteiger partial charge in [-0.2, -0.15) is 0 Å². The molecule has 4 nitrogen and oxygen atoms in total. The van der Waals surface area contributed by atoms with E-state index in [0.29, 0.717) is 14.8 Å². The van der Waals surface area contributed by atoms with Crippen molar-refractivity contribution in [2.75, 3.05) is 7.05 Å². The molecule has 1 aromatic carbocycles. The summed E-state index contributed by atoms with van der Waals surface area (Å²) in [7, 11) is 1.68. The van der Waals surface area contributed by atoms with Crippen molar-refractivity contribution in [1.82, 2.24) is 10.2 Å². The summed E-state index contributed by atoms with van der Waals surface area (Å²) in [6.07, 6.45) is 10.2.